The van der Waals surface area contributed by atoms with E-state index in [2.05, 4.69) is 6.07 Å². The molecule has 0 bridgehead atoms. The molecule has 0 N–H and O–H groups in total. The van der Waals surface area contributed by atoms with Crippen molar-refractivity contribution in [1.82, 2.24) is 0 Å². The van der Waals surface area contributed by atoms with Gasteiger partial charge in [0.25, 0.3) is 0 Å². The van der Waals surface area contributed by atoms with Crippen molar-refractivity contribution >= 4 is 11.6 Å². The number of benzene rings is 1. The van der Waals surface area contributed by atoms with Gasteiger partial charge in [0.15, 0.2) is 0 Å². The van der Waals surface area contributed by atoms with Gasteiger partial charge in [0, 0.05) is 17.9 Å². The molecule has 3 heteroatoms. The average Bonchev–Trinajstić information content (AvgIpc) is 2.14. The first-order valence-electron chi connectivity index (χ1n) is 4.48. The van der Waals surface area contributed by atoms with E-state index < -0.39 is 11.6 Å². The molecule has 72 valence electrons. The van der Waals surface area contributed by atoms with Gasteiger partial charge in [-0.05, 0) is 17.7 Å². The third-order valence-corrected chi connectivity index (χ3v) is 3.00. The van der Waals surface area contributed by atoms with Crippen molar-refractivity contribution in [3.05, 3.63) is 34.9 Å². The van der Waals surface area contributed by atoms with Gasteiger partial charge in [0.2, 0.25) is 0 Å². The molecule has 0 spiro atoms. The van der Waals surface area contributed by atoms with E-state index in [0.29, 0.717) is 17.9 Å². The van der Waals surface area contributed by atoms with Gasteiger partial charge in [-0.15, -0.1) is 0 Å². The Labute approximate surface area is 87.1 Å². The van der Waals surface area contributed by atoms with E-state index in [9.17, 15) is 4.39 Å². The van der Waals surface area contributed by atoms with E-state index in [1.54, 1.807) is 24.3 Å². The Hall–Kier alpha value is -1.07. The Balaban J connectivity index is 2.31. The Morgan fingerprint density at radius 2 is 1.93 bits per heavy atom. The van der Waals surface area contributed by atoms with E-state index in [1.807, 2.05) is 0 Å². The van der Waals surface area contributed by atoms with Crippen molar-refractivity contribution in [3.63, 3.8) is 0 Å². The highest BCUT2D eigenvalue weighted by Gasteiger charge is 2.46. The van der Waals surface area contributed by atoms with Crippen LogP contribution in [0.2, 0.25) is 5.02 Å². The quantitative estimate of drug-likeness (QED) is 0.697. The van der Waals surface area contributed by atoms with E-state index in [1.165, 1.54) is 0 Å². The molecular weight excluding hydrogens is 201 g/mol. The van der Waals surface area contributed by atoms with Crippen molar-refractivity contribution in [2.75, 3.05) is 0 Å². The fourth-order valence-corrected chi connectivity index (χ4v) is 1.98. The Morgan fingerprint density at radius 1 is 1.36 bits per heavy atom. The van der Waals surface area contributed by atoms with Gasteiger partial charge in [-0.1, -0.05) is 23.7 Å². The lowest BCUT2D eigenvalue weighted by molar-refractivity contribution is 0.134. The highest BCUT2D eigenvalue weighted by molar-refractivity contribution is 6.30. The van der Waals surface area contributed by atoms with Crippen LogP contribution in [0.25, 0.3) is 0 Å². The molecule has 1 aromatic rings. The van der Waals surface area contributed by atoms with Crippen LogP contribution in [0.3, 0.4) is 0 Å². The smallest absolute Gasteiger partial charge is 0.104 e. The summed E-state index contributed by atoms with van der Waals surface area (Å²) in [6.45, 7) is 0. The molecule has 0 aromatic heterocycles. The normalized spacial score (nSPS) is 30.5. The summed E-state index contributed by atoms with van der Waals surface area (Å²) >= 11 is 5.74. The molecule has 0 unspecified atom stereocenters. The average molecular weight is 210 g/mol. The van der Waals surface area contributed by atoms with Crippen molar-refractivity contribution in [1.29, 1.82) is 5.26 Å². The van der Waals surface area contributed by atoms with Gasteiger partial charge in [-0.3, -0.25) is 0 Å². The summed E-state index contributed by atoms with van der Waals surface area (Å²) in [7, 11) is 0. The molecule has 0 saturated heterocycles. The molecule has 0 atom stereocenters. The predicted molar refractivity (Wildman–Crippen MR) is 52.9 cm³/mol. The second-order valence-electron chi connectivity index (χ2n) is 3.71. The summed E-state index contributed by atoms with van der Waals surface area (Å²) in [5.74, 6) is 0. The van der Waals surface area contributed by atoms with E-state index >= 15 is 0 Å². The Kier molecular flexibility index (Phi) is 2.20. The first-order valence-corrected chi connectivity index (χ1v) is 4.85. The van der Waals surface area contributed by atoms with Gasteiger partial charge in [0.1, 0.15) is 6.17 Å². The van der Waals surface area contributed by atoms with Crippen LogP contribution in [0.1, 0.15) is 18.4 Å². The summed E-state index contributed by atoms with van der Waals surface area (Å²) in [5.41, 5.74) is 0.266. The highest BCUT2D eigenvalue weighted by Crippen LogP contribution is 2.45. The number of hydrogen-bond donors (Lipinski definition) is 0. The number of nitrogens with zero attached hydrogens (tertiary/aromatic N) is 1. The standard InChI is InChI=1S/C11H9ClFN/c12-9-3-1-8(2-4-9)11(7-14)5-10(13)6-11/h1-4,10H,5-6H2/t10-,11+. The minimum atomic E-state index is -0.828. The second kappa shape index (κ2) is 3.25. The minimum absolute atomic E-state index is 0.311. The molecule has 1 aliphatic rings. The zero-order valence-corrected chi connectivity index (χ0v) is 8.26. The largest absolute Gasteiger partial charge is 0.247 e. The summed E-state index contributed by atoms with van der Waals surface area (Å²) in [5, 5.41) is 9.66. The maximum atomic E-state index is 12.8. The molecule has 0 amide bonds. The fraction of sp³-hybridized carbons (Fsp3) is 0.364. The lowest BCUT2D eigenvalue weighted by Crippen LogP contribution is -2.41. The van der Waals surface area contributed by atoms with E-state index in [0.717, 1.165) is 5.56 Å². The van der Waals surface area contributed by atoms with E-state index in [4.69, 9.17) is 16.9 Å². The van der Waals surface area contributed by atoms with Crippen LogP contribution in [-0.4, -0.2) is 6.17 Å². The topological polar surface area (TPSA) is 23.8 Å². The number of hydrogen-bond acceptors (Lipinski definition) is 1. The maximum Gasteiger partial charge on any atom is 0.104 e. The third-order valence-electron chi connectivity index (χ3n) is 2.75. The molecule has 1 fully saturated rings. The van der Waals surface area contributed by atoms with E-state index in [-0.39, 0.29) is 0 Å². The molecule has 14 heavy (non-hydrogen) atoms. The maximum absolute atomic E-state index is 12.8. The van der Waals surface area contributed by atoms with Crippen molar-refractivity contribution in [2.45, 2.75) is 24.4 Å². The lowest BCUT2D eigenvalue weighted by atomic mass is 9.64. The molecule has 1 nitrogen and oxygen atoms in total. The monoisotopic (exact) mass is 209 g/mol. The molecule has 0 aliphatic heterocycles. The van der Waals surface area contributed by atoms with Crippen LogP contribution in [-0.2, 0) is 5.41 Å². The van der Waals surface area contributed by atoms with Crippen molar-refractivity contribution in [3.8, 4) is 6.07 Å². The Morgan fingerprint density at radius 3 is 2.36 bits per heavy atom. The van der Waals surface area contributed by atoms with Crippen LogP contribution < -0.4 is 0 Å². The predicted octanol–water partition coefficient (Wildman–Crippen LogP) is 3.23. The summed E-state index contributed by atoms with van der Waals surface area (Å²) in [4.78, 5) is 0. The number of nitriles is 1. The molecule has 0 radical (unpaired) electrons. The number of rotatable bonds is 1. The highest BCUT2D eigenvalue weighted by atomic mass is 35.5. The van der Waals surface area contributed by atoms with Crippen LogP contribution in [0, 0.1) is 11.3 Å². The minimum Gasteiger partial charge on any atom is -0.247 e. The third kappa shape index (κ3) is 1.38. The number of halogens is 2. The van der Waals surface area contributed by atoms with Gasteiger partial charge in [-0.25, -0.2) is 4.39 Å². The summed E-state index contributed by atoms with van der Waals surface area (Å²) < 4.78 is 12.8. The van der Waals surface area contributed by atoms with Crippen LogP contribution in [0.4, 0.5) is 4.39 Å². The summed E-state index contributed by atoms with van der Waals surface area (Å²) in [6.07, 6.45) is -0.207. The summed E-state index contributed by atoms with van der Waals surface area (Å²) in [6, 6.07) is 9.28. The molecular formula is C11H9ClFN. The van der Waals surface area contributed by atoms with Gasteiger partial charge >= 0.3 is 0 Å². The van der Waals surface area contributed by atoms with Crippen LogP contribution in [0.15, 0.2) is 24.3 Å². The van der Waals surface area contributed by atoms with Gasteiger partial charge in [-0.2, -0.15) is 5.26 Å². The molecule has 1 aliphatic carbocycles. The van der Waals surface area contributed by atoms with Gasteiger partial charge < -0.3 is 0 Å². The van der Waals surface area contributed by atoms with Crippen LogP contribution in [0.5, 0.6) is 0 Å². The lowest BCUT2D eigenvalue weighted by Gasteiger charge is -2.38. The van der Waals surface area contributed by atoms with Gasteiger partial charge in [0.05, 0.1) is 11.5 Å². The zero-order chi connectivity index (χ0) is 10.2. The first kappa shape index (κ1) is 9.48. The molecule has 0 heterocycles. The molecule has 1 saturated carbocycles. The SMILES string of the molecule is N#C[C@]1(c2ccc(Cl)cc2)C[C@@H](F)C1. The van der Waals surface area contributed by atoms with Crippen molar-refractivity contribution in [2.24, 2.45) is 0 Å². The first-order chi connectivity index (χ1) is 6.66. The zero-order valence-electron chi connectivity index (χ0n) is 7.50. The molecule has 1 aromatic carbocycles. The Bertz CT molecular complexity index is 373. The van der Waals surface area contributed by atoms with Crippen molar-refractivity contribution < 1.29 is 4.39 Å². The second-order valence-corrected chi connectivity index (χ2v) is 4.14. The van der Waals surface area contributed by atoms with Crippen LogP contribution >= 0.6 is 11.6 Å². The molecule has 2 rings (SSSR count). The number of alkyl halides is 1. The fourth-order valence-electron chi connectivity index (χ4n) is 1.86.